The maximum atomic E-state index is 5.51. The van der Waals surface area contributed by atoms with E-state index >= 15 is 0 Å². The highest BCUT2D eigenvalue weighted by Crippen LogP contribution is 2.17. The minimum Gasteiger partial charge on any atom is -0.355 e. The average molecular weight is 235 g/mol. The van der Waals surface area contributed by atoms with Crippen molar-refractivity contribution < 1.29 is 9.47 Å². The molecule has 2 unspecified atom stereocenters. The van der Waals surface area contributed by atoms with Crippen LogP contribution in [-0.2, 0) is 9.47 Å². The molecule has 17 heavy (non-hydrogen) atoms. The van der Waals surface area contributed by atoms with Gasteiger partial charge in [0.1, 0.15) is 6.79 Å². The van der Waals surface area contributed by atoms with Gasteiger partial charge in [0.25, 0.3) is 0 Å². The minimum absolute atomic E-state index is 0.287. The Morgan fingerprint density at radius 2 is 2.24 bits per heavy atom. The van der Waals surface area contributed by atoms with Gasteiger partial charge >= 0.3 is 0 Å². The van der Waals surface area contributed by atoms with Crippen LogP contribution in [0.1, 0.15) is 30.5 Å². The van der Waals surface area contributed by atoms with Crippen molar-refractivity contribution in [3.63, 3.8) is 0 Å². The highest BCUT2D eigenvalue weighted by Gasteiger charge is 2.15. The molecule has 94 valence electrons. The molecule has 1 aromatic rings. The molecule has 0 radical (unpaired) electrons. The van der Waals surface area contributed by atoms with Crippen LogP contribution in [-0.4, -0.2) is 26.0 Å². The van der Waals surface area contributed by atoms with E-state index in [-0.39, 0.29) is 6.10 Å². The van der Waals surface area contributed by atoms with Crippen LogP contribution in [0.3, 0.4) is 0 Å². The van der Waals surface area contributed by atoms with Gasteiger partial charge in [-0.3, -0.25) is 0 Å². The Labute approximate surface area is 103 Å². The highest BCUT2D eigenvalue weighted by atomic mass is 16.7. The van der Waals surface area contributed by atoms with Gasteiger partial charge < -0.3 is 14.8 Å². The molecule has 1 heterocycles. The molecule has 1 aromatic carbocycles. The average Bonchev–Trinajstić information content (AvgIpc) is 2.38. The first-order valence-corrected chi connectivity index (χ1v) is 6.25. The van der Waals surface area contributed by atoms with Gasteiger partial charge in [-0.2, -0.15) is 0 Å². The molecule has 0 amide bonds. The van der Waals surface area contributed by atoms with Gasteiger partial charge in [0.15, 0.2) is 0 Å². The Kier molecular flexibility index (Phi) is 4.54. The Bertz CT molecular complexity index is 348. The summed E-state index contributed by atoms with van der Waals surface area (Å²) in [6, 6.07) is 8.86. The van der Waals surface area contributed by atoms with E-state index in [1.54, 1.807) is 0 Å². The van der Waals surface area contributed by atoms with Crippen molar-refractivity contribution in [2.45, 2.75) is 32.4 Å². The Balaban J connectivity index is 1.84. The summed E-state index contributed by atoms with van der Waals surface area (Å²) in [6.07, 6.45) is 1.27. The topological polar surface area (TPSA) is 30.5 Å². The maximum absolute atomic E-state index is 5.51. The SMILES string of the molecule is Cc1ccccc1C(C)NCC1CCOCO1. The van der Waals surface area contributed by atoms with Gasteiger partial charge in [-0.15, -0.1) is 0 Å². The molecule has 3 heteroatoms. The van der Waals surface area contributed by atoms with Crippen LogP contribution in [0.5, 0.6) is 0 Å². The number of hydrogen-bond donors (Lipinski definition) is 1. The van der Waals surface area contributed by atoms with Gasteiger partial charge in [0.05, 0.1) is 12.7 Å². The molecule has 2 atom stereocenters. The fourth-order valence-corrected chi connectivity index (χ4v) is 2.15. The molecule has 1 N–H and O–H groups in total. The summed E-state index contributed by atoms with van der Waals surface area (Å²) in [5.41, 5.74) is 2.69. The molecular weight excluding hydrogens is 214 g/mol. The molecule has 2 rings (SSSR count). The lowest BCUT2D eigenvalue weighted by molar-refractivity contribution is -0.137. The molecule has 0 aliphatic carbocycles. The molecule has 1 aliphatic heterocycles. The number of aryl methyl sites for hydroxylation is 1. The summed E-state index contributed by atoms with van der Waals surface area (Å²) in [4.78, 5) is 0. The fourth-order valence-electron chi connectivity index (χ4n) is 2.15. The predicted molar refractivity (Wildman–Crippen MR) is 67.9 cm³/mol. The van der Waals surface area contributed by atoms with Gasteiger partial charge in [0.2, 0.25) is 0 Å². The number of benzene rings is 1. The monoisotopic (exact) mass is 235 g/mol. The van der Waals surface area contributed by atoms with Crippen LogP contribution in [0.15, 0.2) is 24.3 Å². The minimum atomic E-state index is 0.287. The van der Waals surface area contributed by atoms with Crippen LogP contribution in [0.2, 0.25) is 0 Å². The first-order chi connectivity index (χ1) is 8.27. The van der Waals surface area contributed by atoms with E-state index in [9.17, 15) is 0 Å². The molecule has 1 saturated heterocycles. The maximum Gasteiger partial charge on any atom is 0.147 e. The summed E-state index contributed by atoms with van der Waals surface area (Å²) in [5, 5.41) is 3.53. The zero-order valence-corrected chi connectivity index (χ0v) is 10.6. The Morgan fingerprint density at radius 1 is 1.41 bits per heavy atom. The lowest BCUT2D eigenvalue weighted by Gasteiger charge is -2.25. The first kappa shape index (κ1) is 12.6. The van der Waals surface area contributed by atoms with Crippen molar-refractivity contribution in [2.75, 3.05) is 19.9 Å². The van der Waals surface area contributed by atoms with Gasteiger partial charge in [-0.05, 0) is 31.4 Å². The smallest absolute Gasteiger partial charge is 0.147 e. The molecule has 1 aliphatic rings. The summed E-state index contributed by atoms with van der Waals surface area (Å²) >= 11 is 0. The van der Waals surface area contributed by atoms with Crippen LogP contribution in [0.25, 0.3) is 0 Å². The fraction of sp³-hybridized carbons (Fsp3) is 0.571. The van der Waals surface area contributed by atoms with Crippen LogP contribution in [0.4, 0.5) is 0 Å². The number of nitrogens with one attached hydrogen (secondary N) is 1. The molecule has 0 aromatic heterocycles. The van der Waals surface area contributed by atoms with E-state index in [4.69, 9.17) is 9.47 Å². The standard InChI is InChI=1S/C14H21NO2/c1-11-5-3-4-6-14(11)12(2)15-9-13-7-8-16-10-17-13/h3-6,12-13,15H,7-10H2,1-2H3. The zero-order valence-electron chi connectivity index (χ0n) is 10.6. The van der Waals surface area contributed by atoms with Crippen LogP contribution in [0, 0.1) is 6.92 Å². The molecule has 0 bridgehead atoms. The third-order valence-corrected chi connectivity index (χ3v) is 3.28. The van der Waals surface area contributed by atoms with E-state index in [2.05, 4.69) is 43.4 Å². The number of rotatable bonds is 4. The van der Waals surface area contributed by atoms with E-state index in [0.717, 1.165) is 19.6 Å². The summed E-state index contributed by atoms with van der Waals surface area (Å²) < 4.78 is 10.7. The van der Waals surface area contributed by atoms with Gasteiger partial charge in [-0.25, -0.2) is 0 Å². The van der Waals surface area contributed by atoms with Gasteiger partial charge in [0, 0.05) is 12.6 Å². The van der Waals surface area contributed by atoms with Crippen molar-refractivity contribution in [3.05, 3.63) is 35.4 Å². The molecule has 0 spiro atoms. The second-order valence-electron chi connectivity index (χ2n) is 4.59. The summed E-state index contributed by atoms with van der Waals surface area (Å²) in [7, 11) is 0. The van der Waals surface area contributed by atoms with E-state index in [0.29, 0.717) is 12.8 Å². The first-order valence-electron chi connectivity index (χ1n) is 6.25. The number of ether oxygens (including phenoxy) is 2. The van der Waals surface area contributed by atoms with Crippen molar-refractivity contribution in [2.24, 2.45) is 0 Å². The lowest BCUT2D eigenvalue weighted by Crippen LogP contribution is -2.35. The summed E-state index contributed by atoms with van der Waals surface area (Å²) in [6.45, 7) is 6.48. The van der Waals surface area contributed by atoms with E-state index in [1.807, 2.05) is 0 Å². The second kappa shape index (κ2) is 6.15. The second-order valence-corrected chi connectivity index (χ2v) is 4.59. The molecule has 3 nitrogen and oxygen atoms in total. The quantitative estimate of drug-likeness (QED) is 0.869. The Hall–Kier alpha value is -0.900. The predicted octanol–water partition coefficient (Wildman–Crippen LogP) is 2.41. The van der Waals surface area contributed by atoms with Gasteiger partial charge in [-0.1, -0.05) is 24.3 Å². The van der Waals surface area contributed by atoms with Crippen LogP contribution < -0.4 is 5.32 Å². The molecular formula is C14H21NO2. The normalized spacial score (nSPS) is 22.4. The van der Waals surface area contributed by atoms with Crippen molar-refractivity contribution in [3.8, 4) is 0 Å². The van der Waals surface area contributed by atoms with Crippen LogP contribution >= 0.6 is 0 Å². The lowest BCUT2D eigenvalue weighted by atomic mass is 10.0. The van der Waals surface area contributed by atoms with Crippen molar-refractivity contribution >= 4 is 0 Å². The molecule has 0 saturated carbocycles. The van der Waals surface area contributed by atoms with E-state index in [1.165, 1.54) is 11.1 Å². The zero-order chi connectivity index (χ0) is 12.1. The van der Waals surface area contributed by atoms with Crippen molar-refractivity contribution in [1.29, 1.82) is 0 Å². The Morgan fingerprint density at radius 3 is 2.94 bits per heavy atom. The van der Waals surface area contributed by atoms with E-state index < -0.39 is 0 Å². The highest BCUT2D eigenvalue weighted by molar-refractivity contribution is 5.28. The third kappa shape index (κ3) is 3.53. The third-order valence-electron chi connectivity index (χ3n) is 3.28. The van der Waals surface area contributed by atoms with Crippen molar-refractivity contribution in [1.82, 2.24) is 5.32 Å². The summed E-state index contributed by atoms with van der Waals surface area (Å²) in [5.74, 6) is 0. The number of hydrogen-bond acceptors (Lipinski definition) is 3. The largest absolute Gasteiger partial charge is 0.355 e. The molecule has 1 fully saturated rings.